The summed E-state index contributed by atoms with van der Waals surface area (Å²) in [7, 11) is 1.78. The molecule has 2 N–H and O–H groups in total. The van der Waals surface area contributed by atoms with Gasteiger partial charge in [-0.1, -0.05) is 44.0 Å². The maximum absolute atomic E-state index is 13.3. The number of benzene rings is 2. The van der Waals surface area contributed by atoms with E-state index in [0.29, 0.717) is 43.4 Å². The molecule has 0 atom stereocenters. The summed E-state index contributed by atoms with van der Waals surface area (Å²) in [5.41, 5.74) is 3.99. The van der Waals surface area contributed by atoms with Crippen molar-refractivity contribution in [3.8, 4) is 0 Å². The van der Waals surface area contributed by atoms with E-state index in [4.69, 9.17) is 9.72 Å². The fraction of sp³-hybridized carbons (Fsp3) is 0.400. The number of fused-ring (bicyclic) bond motifs is 2. The fourth-order valence-corrected chi connectivity index (χ4v) is 5.23. The van der Waals surface area contributed by atoms with Gasteiger partial charge in [0.25, 0.3) is 5.91 Å². The summed E-state index contributed by atoms with van der Waals surface area (Å²) in [6.45, 7) is 3.80. The monoisotopic (exact) mass is 528 g/mol. The molecule has 5 rings (SSSR count). The van der Waals surface area contributed by atoms with Crippen LogP contribution in [0.1, 0.15) is 54.9 Å². The number of nitrogens with zero attached hydrogens (tertiary/aromatic N) is 4. The van der Waals surface area contributed by atoms with Crippen LogP contribution < -0.4 is 20.4 Å². The van der Waals surface area contributed by atoms with E-state index in [1.807, 2.05) is 48.5 Å². The van der Waals surface area contributed by atoms with E-state index < -0.39 is 0 Å². The van der Waals surface area contributed by atoms with Crippen molar-refractivity contribution in [1.82, 2.24) is 15.3 Å². The van der Waals surface area contributed by atoms with Crippen LogP contribution in [0.2, 0.25) is 0 Å². The highest BCUT2D eigenvalue weighted by Gasteiger charge is 2.35. The van der Waals surface area contributed by atoms with Crippen molar-refractivity contribution in [3.05, 3.63) is 65.9 Å². The van der Waals surface area contributed by atoms with Gasteiger partial charge in [-0.05, 0) is 49.1 Å². The maximum atomic E-state index is 13.3. The average molecular weight is 529 g/mol. The molecule has 2 heterocycles. The Morgan fingerprint density at radius 1 is 1.05 bits per heavy atom. The Hall–Kier alpha value is -3.98. The van der Waals surface area contributed by atoms with Crippen LogP contribution in [0.15, 0.2) is 54.7 Å². The molecule has 3 aromatic rings. The van der Waals surface area contributed by atoms with E-state index in [1.165, 1.54) is 0 Å². The van der Waals surface area contributed by atoms with Crippen LogP contribution in [-0.4, -0.2) is 54.6 Å². The van der Waals surface area contributed by atoms with Gasteiger partial charge >= 0.3 is 0 Å². The predicted octanol–water partition coefficient (Wildman–Crippen LogP) is 4.98. The second-order valence-electron chi connectivity index (χ2n) is 10.1. The highest BCUT2D eigenvalue weighted by atomic mass is 16.5. The van der Waals surface area contributed by atoms with E-state index in [-0.39, 0.29) is 17.9 Å². The van der Waals surface area contributed by atoms with Gasteiger partial charge in [0.1, 0.15) is 5.69 Å². The van der Waals surface area contributed by atoms with Crippen LogP contribution >= 0.6 is 0 Å². The van der Waals surface area contributed by atoms with E-state index in [1.54, 1.807) is 18.1 Å². The van der Waals surface area contributed by atoms with Crippen molar-refractivity contribution >= 4 is 40.6 Å². The van der Waals surface area contributed by atoms with E-state index >= 15 is 0 Å². The zero-order valence-corrected chi connectivity index (χ0v) is 22.7. The Bertz CT molecular complexity index is 1310. The Morgan fingerprint density at radius 3 is 2.59 bits per heavy atom. The third kappa shape index (κ3) is 6.04. The van der Waals surface area contributed by atoms with Gasteiger partial charge in [-0.3, -0.25) is 9.59 Å². The zero-order chi connectivity index (χ0) is 27.2. The second-order valence-corrected chi connectivity index (χ2v) is 10.1. The zero-order valence-electron chi connectivity index (χ0n) is 22.7. The number of anilines is 5. The summed E-state index contributed by atoms with van der Waals surface area (Å²) >= 11 is 0. The topological polar surface area (TPSA) is 99.7 Å². The van der Waals surface area contributed by atoms with E-state index in [0.717, 1.165) is 54.9 Å². The number of nitrogens with one attached hydrogen (secondary N) is 2. The molecule has 204 valence electrons. The van der Waals surface area contributed by atoms with Crippen LogP contribution in [0.4, 0.5) is 28.8 Å². The smallest absolute Gasteiger partial charge is 0.260 e. The van der Waals surface area contributed by atoms with Gasteiger partial charge in [-0.2, -0.15) is 4.98 Å². The Morgan fingerprint density at radius 2 is 1.82 bits per heavy atom. The molecule has 2 aliphatic rings. The third-order valence-electron chi connectivity index (χ3n) is 7.22. The number of ether oxygens (including phenoxy) is 1. The summed E-state index contributed by atoms with van der Waals surface area (Å²) in [6, 6.07) is 15.7. The molecule has 0 spiro atoms. The number of amides is 2. The summed E-state index contributed by atoms with van der Waals surface area (Å²) < 4.78 is 5.40. The maximum Gasteiger partial charge on any atom is 0.260 e. The molecule has 1 aliphatic carbocycles. The van der Waals surface area contributed by atoms with Crippen molar-refractivity contribution in [1.29, 1.82) is 0 Å². The largest absolute Gasteiger partial charge is 0.380 e. The Kier molecular flexibility index (Phi) is 8.36. The predicted molar refractivity (Wildman–Crippen MR) is 153 cm³/mol. The minimum atomic E-state index is -0.0650. The standard InChI is InChI=1S/C30H36N6O3/c1-3-17-39-18-16-31-27(37)19-21-12-14-22(15-13-21)33-30-32-20-26-28(34-30)36(23-8-4-5-9-23)25-11-7-6-10-24(25)29(38)35(26)2/h6-7,10-15,20,23H,3-5,8-9,16-19H2,1-2H3,(H,31,37)(H,32,33,34). The Balaban J connectivity index is 1.33. The highest BCUT2D eigenvalue weighted by Crippen LogP contribution is 2.43. The molecule has 0 unspecified atom stereocenters. The normalized spacial score (nSPS) is 15.1. The lowest BCUT2D eigenvalue weighted by Crippen LogP contribution is -2.30. The lowest BCUT2D eigenvalue weighted by Gasteiger charge is -2.31. The number of carbonyl (C=O) groups is 2. The van der Waals surface area contributed by atoms with Gasteiger partial charge in [-0.15, -0.1) is 0 Å². The molecule has 9 heteroatoms. The summed E-state index contributed by atoms with van der Waals surface area (Å²) in [4.78, 5) is 38.9. The second kappa shape index (κ2) is 12.3. The molecule has 9 nitrogen and oxygen atoms in total. The van der Waals surface area contributed by atoms with Gasteiger partial charge < -0.3 is 25.2 Å². The van der Waals surface area contributed by atoms with Crippen LogP contribution in [-0.2, 0) is 16.0 Å². The van der Waals surface area contributed by atoms with Crippen molar-refractivity contribution in [2.45, 2.75) is 51.5 Å². The Labute approximate surface area is 229 Å². The highest BCUT2D eigenvalue weighted by molar-refractivity contribution is 6.13. The lowest BCUT2D eigenvalue weighted by molar-refractivity contribution is -0.120. The van der Waals surface area contributed by atoms with Crippen LogP contribution in [0, 0.1) is 0 Å². The average Bonchev–Trinajstić information content (AvgIpc) is 3.46. The number of aromatic nitrogens is 2. The number of hydrogen-bond acceptors (Lipinski definition) is 7. The quantitative estimate of drug-likeness (QED) is 0.358. The van der Waals surface area contributed by atoms with Crippen LogP contribution in [0.3, 0.4) is 0 Å². The number of hydrogen-bond donors (Lipinski definition) is 2. The van der Waals surface area contributed by atoms with Gasteiger partial charge in [0.2, 0.25) is 11.9 Å². The van der Waals surface area contributed by atoms with Crippen molar-refractivity contribution < 1.29 is 14.3 Å². The molecular formula is C30H36N6O3. The SMILES string of the molecule is CCCOCCNC(=O)Cc1ccc(Nc2ncc3c(n2)N(C2CCCC2)c2ccccc2C(=O)N3C)cc1. The van der Waals surface area contributed by atoms with E-state index in [2.05, 4.69) is 27.4 Å². The minimum absolute atomic E-state index is 0.0316. The van der Waals surface area contributed by atoms with E-state index in [9.17, 15) is 9.59 Å². The fourth-order valence-electron chi connectivity index (χ4n) is 5.23. The first-order chi connectivity index (χ1) is 19.0. The van der Waals surface area contributed by atoms with Crippen LogP contribution in [0.5, 0.6) is 0 Å². The van der Waals surface area contributed by atoms with Gasteiger partial charge in [0.15, 0.2) is 5.82 Å². The summed E-state index contributed by atoms with van der Waals surface area (Å²) in [6.07, 6.45) is 7.43. The molecular weight excluding hydrogens is 492 g/mol. The first-order valence-corrected chi connectivity index (χ1v) is 13.8. The molecule has 1 aromatic heterocycles. The molecule has 39 heavy (non-hydrogen) atoms. The summed E-state index contributed by atoms with van der Waals surface area (Å²) in [5.74, 6) is 1.09. The molecule has 1 saturated carbocycles. The molecule has 1 aliphatic heterocycles. The molecule has 2 amide bonds. The molecule has 0 radical (unpaired) electrons. The molecule has 1 fully saturated rings. The van der Waals surface area contributed by atoms with Crippen molar-refractivity contribution in [2.24, 2.45) is 0 Å². The number of para-hydroxylation sites is 1. The van der Waals surface area contributed by atoms with Gasteiger partial charge in [0.05, 0.1) is 30.5 Å². The molecule has 2 aromatic carbocycles. The molecule has 0 saturated heterocycles. The van der Waals surface area contributed by atoms with Gasteiger partial charge in [-0.25, -0.2) is 4.98 Å². The minimum Gasteiger partial charge on any atom is -0.380 e. The summed E-state index contributed by atoms with van der Waals surface area (Å²) in [5, 5.41) is 6.19. The number of rotatable bonds is 10. The van der Waals surface area contributed by atoms with Crippen molar-refractivity contribution in [3.63, 3.8) is 0 Å². The third-order valence-corrected chi connectivity index (χ3v) is 7.22. The number of carbonyl (C=O) groups excluding carboxylic acids is 2. The van der Waals surface area contributed by atoms with Crippen molar-refractivity contribution in [2.75, 3.05) is 41.9 Å². The lowest BCUT2D eigenvalue weighted by atomic mass is 10.1. The van der Waals surface area contributed by atoms with Crippen LogP contribution in [0.25, 0.3) is 0 Å². The first-order valence-electron chi connectivity index (χ1n) is 13.8. The van der Waals surface area contributed by atoms with Gasteiger partial charge in [0, 0.05) is 31.9 Å². The first kappa shape index (κ1) is 26.6. The molecule has 0 bridgehead atoms.